The van der Waals surface area contributed by atoms with Gasteiger partial charge in [0.05, 0.1) is 16.7 Å². The normalized spacial score (nSPS) is 22.2. The molecule has 1 amide bonds. The number of fused-ring (bicyclic) bond motifs is 1. The maximum atomic E-state index is 12.1. The first kappa shape index (κ1) is 13.6. The van der Waals surface area contributed by atoms with Crippen molar-refractivity contribution in [1.82, 2.24) is 4.31 Å². The summed E-state index contributed by atoms with van der Waals surface area (Å²) in [5.41, 5.74) is 2.01. The van der Waals surface area contributed by atoms with Crippen molar-refractivity contribution in [2.45, 2.75) is 25.5 Å². The van der Waals surface area contributed by atoms with Crippen LogP contribution in [0.1, 0.15) is 18.4 Å². The van der Waals surface area contributed by atoms with E-state index in [0.29, 0.717) is 6.61 Å². The van der Waals surface area contributed by atoms with Crippen LogP contribution in [0.25, 0.3) is 0 Å². The molecule has 3 rings (SSSR count). The average molecular weight is 294 g/mol. The first-order valence-electron chi connectivity index (χ1n) is 6.79. The number of para-hydroxylation sites is 1. The number of amides is 1. The minimum atomic E-state index is -0.927. The highest BCUT2D eigenvalue weighted by atomic mass is 32.2. The molecule has 1 saturated heterocycles. The van der Waals surface area contributed by atoms with Crippen molar-refractivity contribution >= 4 is 22.8 Å². The van der Waals surface area contributed by atoms with Crippen LogP contribution < -0.4 is 4.90 Å². The molecule has 1 aromatic rings. The van der Waals surface area contributed by atoms with E-state index in [2.05, 4.69) is 0 Å². The molecule has 1 unspecified atom stereocenters. The van der Waals surface area contributed by atoms with Gasteiger partial charge in [0.25, 0.3) is 0 Å². The molecule has 0 spiro atoms. The maximum absolute atomic E-state index is 12.1. The summed E-state index contributed by atoms with van der Waals surface area (Å²) < 4.78 is 18.7. The predicted octanol–water partition coefficient (Wildman–Crippen LogP) is 1.90. The quantitative estimate of drug-likeness (QED) is 0.837. The van der Waals surface area contributed by atoms with Gasteiger partial charge in [0.15, 0.2) is 0 Å². The fourth-order valence-corrected chi connectivity index (χ4v) is 3.60. The summed E-state index contributed by atoms with van der Waals surface area (Å²) in [5, 5.41) is 0. The van der Waals surface area contributed by atoms with Crippen LogP contribution >= 0.6 is 0 Å². The molecule has 108 valence electrons. The number of nitrogens with zero attached hydrogens (tertiary/aromatic N) is 2. The lowest BCUT2D eigenvalue weighted by atomic mass is 10.0. The Morgan fingerprint density at radius 3 is 2.65 bits per heavy atom. The summed E-state index contributed by atoms with van der Waals surface area (Å²) in [6.07, 6.45) is 3.08. The molecule has 0 radical (unpaired) electrons. The second-order valence-corrected chi connectivity index (χ2v) is 6.50. The van der Waals surface area contributed by atoms with Gasteiger partial charge in [0, 0.05) is 31.0 Å². The van der Waals surface area contributed by atoms with Gasteiger partial charge in [-0.15, -0.1) is 0 Å². The minimum Gasteiger partial charge on any atom is -0.444 e. The van der Waals surface area contributed by atoms with Crippen LogP contribution in [0.15, 0.2) is 24.3 Å². The molecular formula is C14H18N2O3S. The first-order valence-corrected chi connectivity index (χ1v) is 8.30. The molecular weight excluding hydrogens is 276 g/mol. The Morgan fingerprint density at radius 1 is 1.25 bits per heavy atom. The van der Waals surface area contributed by atoms with E-state index in [1.54, 1.807) is 11.2 Å². The van der Waals surface area contributed by atoms with Gasteiger partial charge in [-0.1, -0.05) is 18.2 Å². The topological polar surface area (TPSA) is 49.9 Å². The SMILES string of the molecule is CS(=O)N1CCC(N2C(=O)OCc3ccccc32)CC1. The maximum Gasteiger partial charge on any atom is 0.414 e. The van der Waals surface area contributed by atoms with Crippen molar-refractivity contribution in [3.05, 3.63) is 29.8 Å². The fourth-order valence-electron chi connectivity index (χ4n) is 2.88. The molecule has 6 heteroatoms. The van der Waals surface area contributed by atoms with Crippen LogP contribution in [0.4, 0.5) is 10.5 Å². The smallest absolute Gasteiger partial charge is 0.414 e. The monoisotopic (exact) mass is 294 g/mol. The second-order valence-electron chi connectivity index (χ2n) is 5.14. The molecule has 0 bridgehead atoms. The van der Waals surface area contributed by atoms with Gasteiger partial charge in [-0.25, -0.2) is 13.3 Å². The van der Waals surface area contributed by atoms with E-state index < -0.39 is 11.0 Å². The Labute approximate surface area is 121 Å². The molecule has 1 aromatic carbocycles. The van der Waals surface area contributed by atoms with Crippen molar-refractivity contribution in [2.75, 3.05) is 24.2 Å². The number of piperidine rings is 1. The second kappa shape index (κ2) is 5.54. The molecule has 5 nitrogen and oxygen atoms in total. The number of rotatable bonds is 2. The highest BCUT2D eigenvalue weighted by Crippen LogP contribution is 2.31. The van der Waals surface area contributed by atoms with Gasteiger partial charge in [-0.2, -0.15) is 0 Å². The highest BCUT2D eigenvalue weighted by molar-refractivity contribution is 7.81. The number of hydrogen-bond donors (Lipinski definition) is 0. The standard InChI is InChI=1S/C14H18N2O3S/c1-20(18)15-8-6-12(7-9-15)16-13-5-3-2-4-11(13)10-19-14(16)17/h2-5,12H,6-10H2,1H3. The zero-order valence-electron chi connectivity index (χ0n) is 11.4. The van der Waals surface area contributed by atoms with Crippen LogP contribution in [0.3, 0.4) is 0 Å². The number of anilines is 1. The fraction of sp³-hybridized carbons (Fsp3) is 0.500. The van der Waals surface area contributed by atoms with Crippen molar-refractivity contribution in [1.29, 1.82) is 0 Å². The third-order valence-electron chi connectivity index (χ3n) is 3.95. The summed E-state index contributed by atoms with van der Waals surface area (Å²) in [5.74, 6) is 0. The summed E-state index contributed by atoms with van der Waals surface area (Å²) in [6.45, 7) is 1.85. The average Bonchev–Trinajstić information content (AvgIpc) is 2.47. The lowest BCUT2D eigenvalue weighted by molar-refractivity contribution is 0.136. The summed E-state index contributed by atoms with van der Waals surface area (Å²) in [4.78, 5) is 13.9. The van der Waals surface area contributed by atoms with Crippen molar-refractivity contribution in [3.63, 3.8) is 0 Å². The molecule has 0 saturated carbocycles. The van der Waals surface area contributed by atoms with E-state index in [9.17, 15) is 9.00 Å². The zero-order valence-corrected chi connectivity index (χ0v) is 12.3. The molecule has 0 N–H and O–H groups in total. The van der Waals surface area contributed by atoms with Crippen molar-refractivity contribution < 1.29 is 13.7 Å². The zero-order chi connectivity index (χ0) is 14.1. The number of ether oxygens (including phenoxy) is 1. The Kier molecular flexibility index (Phi) is 3.76. The minimum absolute atomic E-state index is 0.128. The Morgan fingerprint density at radius 2 is 1.95 bits per heavy atom. The molecule has 0 aromatic heterocycles. The highest BCUT2D eigenvalue weighted by Gasteiger charge is 2.34. The number of hydrogen-bond acceptors (Lipinski definition) is 3. The van der Waals surface area contributed by atoms with Gasteiger partial charge >= 0.3 is 6.09 Å². The lowest BCUT2D eigenvalue weighted by Crippen LogP contribution is -2.49. The van der Waals surface area contributed by atoms with Crippen LogP contribution in [0, 0.1) is 0 Å². The largest absolute Gasteiger partial charge is 0.444 e. The summed E-state index contributed by atoms with van der Waals surface area (Å²) >= 11 is 0. The Hall–Kier alpha value is -1.40. The third-order valence-corrected chi connectivity index (χ3v) is 5.04. The van der Waals surface area contributed by atoms with Gasteiger partial charge < -0.3 is 4.74 Å². The molecule has 0 aliphatic carbocycles. The Balaban J connectivity index is 1.80. The molecule has 1 fully saturated rings. The predicted molar refractivity (Wildman–Crippen MR) is 77.8 cm³/mol. The van der Waals surface area contributed by atoms with Gasteiger partial charge in [0.2, 0.25) is 0 Å². The molecule has 2 aliphatic rings. The van der Waals surface area contributed by atoms with E-state index in [1.807, 2.05) is 28.6 Å². The van der Waals surface area contributed by atoms with Gasteiger partial charge in [0.1, 0.15) is 6.61 Å². The molecule has 1 atom stereocenters. The summed E-state index contributed by atoms with van der Waals surface area (Å²) in [6, 6.07) is 7.99. The number of benzene rings is 1. The van der Waals surface area contributed by atoms with Gasteiger partial charge in [-0.05, 0) is 18.9 Å². The van der Waals surface area contributed by atoms with E-state index in [1.165, 1.54) is 0 Å². The Bertz CT molecular complexity index is 541. The van der Waals surface area contributed by atoms with E-state index in [-0.39, 0.29) is 12.1 Å². The number of carbonyl (C=O) groups is 1. The van der Waals surface area contributed by atoms with Crippen molar-refractivity contribution in [3.8, 4) is 0 Å². The van der Waals surface area contributed by atoms with Gasteiger partial charge in [-0.3, -0.25) is 4.90 Å². The molecule has 2 aliphatic heterocycles. The summed E-state index contributed by atoms with van der Waals surface area (Å²) in [7, 11) is -0.927. The third kappa shape index (κ3) is 2.45. The van der Waals surface area contributed by atoms with E-state index in [4.69, 9.17) is 4.74 Å². The van der Waals surface area contributed by atoms with E-state index in [0.717, 1.165) is 37.2 Å². The number of carbonyl (C=O) groups excluding carboxylic acids is 1. The van der Waals surface area contributed by atoms with Crippen molar-refractivity contribution in [2.24, 2.45) is 0 Å². The molecule has 20 heavy (non-hydrogen) atoms. The van der Waals surface area contributed by atoms with Crippen LogP contribution in [0.2, 0.25) is 0 Å². The van der Waals surface area contributed by atoms with Crippen LogP contribution in [-0.2, 0) is 22.3 Å². The molecule has 2 heterocycles. The number of cyclic esters (lactones) is 1. The van der Waals surface area contributed by atoms with Crippen LogP contribution in [-0.4, -0.2) is 40.0 Å². The van der Waals surface area contributed by atoms with Crippen LogP contribution in [0.5, 0.6) is 0 Å². The lowest BCUT2D eigenvalue weighted by Gasteiger charge is -2.39. The first-order chi connectivity index (χ1) is 9.66. The van der Waals surface area contributed by atoms with E-state index >= 15 is 0 Å².